The summed E-state index contributed by atoms with van der Waals surface area (Å²) in [6.45, 7) is 0. The van der Waals surface area contributed by atoms with Gasteiger partial charge >= 0.3 is 0 Å². The van der Waals surface area contributed by atoms with Crippen LogP contribution in [0.4, 0.5) is 25.8 Å². The van der Waals surface area contributed by atoms with E-state index in [1.807, 2.05) is 0 Å². The van der Waals surface area contributed by atoms with Crippen LogP contribution in [-0.2, 0) is 0 Å². The number of hydrogen-bond donors (Lipinski definition) is 1. The molecule has 2 rings (SSSR count). The van der Waals surface area contributed by atoms with Crippen molar-refractivity contribution in [3.63, 3.8) is 0 Å². The lowest BCUT2D eigenvalue weighted by Gasteiger charge is -2.07. The second kappa shape index (κ2) is 4.79. The van der Waals surface area contributed by atoms with E-state index in [2.05, 4.69) is 5.32 Å². The van der Waals surface area contributed by atoms with Gasteiger partial charge in [0.25, 0.3) is 5.69 Å². The Hall–Kier alpha value is -2.50. The van der Waals surface area contributed by atoms with Gasteiger partial charge in [0.1, 0.15) is 5.69 Å². The Morgan fingerprint density at radius 1 is 1.06 bits per heavy atom. The lowest BCUT2D eigenvalue weighted by Crippen LogP contribution is -1.99. The van der Waals surface area contributed by atoms with Crippen LogP contribution in [0.2, 0.25) is 0 Å². The summed E-state index contributed by atoms with van der Waals surface area (Å²) in [6, 6.07) is 9.84. The fourth-order valence-electron chi connectivity index (χ4n) is 1.46. The largest absolute Gasteiger partial charge is 0.350 e. The molecule has 0 bridgehead atoms. The third-order valence-electron chi connectivity index (χ3n) is 2.29. The molecule has 1 N–H and O–H groups in total. The Morgan fingerprint density at radius 2 is 1.67 bits per heavy atom. The zero-order chi connectivity index (χ0) is 13.1. The number of rotatable bonds is 3. The van der Waals surface area contributed by atoms with E-state index < -0.39 is 22.2 Å². The molecular formula is C12H8F2N2O2. The van der Waals surface area contributed by atoms with E-state index in [1.54, 1.807) is 30.3 Å². The van der Waals surface area contributed by atoms with Crippen LogP contribution >= 0.6 is 0 Å². The molecule has 4 nitrogen and oxygen atoms in total. The van der Waals surface area contributed by atoms with Crippen LogP contribution in [0.3, 0.4) is 0 Å². The van der Waals surface area contributed by atoms with Gasteiger partial charge in [0.15, 0.2) is 11.6 Å². The van der Waals surface area contributed by atoms with Gasteiger partial charge in [-0.25, -0.2) is 8.78 Å². The first-order valence-corrected chi connectivity index (χ1v) is 5.03. The third kappa shape index (κ3) is 2.42. The molecule has 0 spiro atoms. The van der Waals surface area contributed by atoms with Crippen LogP contribution in [0.15, 0.2) is 42.5 Å². The normalized spacial score (nSPS) is 10.1. The Bertz CT molecular complexity index is 588. The number of nitro benzene ring substituents is 1. The predicted octanol–water partition coefficient (Wildman–Crippen LogP) is 3.62. The Kier molecular flexibility index (Phi) is 3.18. The Morgan fingerprint density at radius 3 is 2.28 bits per heavy atom. The third-order valence-corrected chi connectivity index (χ3v) is 2.29. The number of benzene rings is 2. The van der Waals surface area contributed by atoms with Crippen molar-refractivity contribution >= 4 is 17.1 Å². The highest BCUT2D eigenvalue weighted by Crippen LogP contribution is 2.29. The fourth-order valence-corrected chi connectivity index (χ4v) is 1.46. The van der Waals surface area contributed by atoms with Gasteiger partial charge in [-0.05, 0) is 12.1 Å². The highest BCUT2D eigenvalue weighted by molar-refractivity contribution is 5.69. The van der Waals surface area contributed by atoms with E-state index in [0.717, 1.165) is 6.07 Å². The molecule has 6 heteroatoms. The molecule has 0 saturated carbocycles. The quantitative estimate of drug-likeness (QED) is 0.668. The maximum absolute atomic E-state index is 13.1. The second-order valence-corrected chi connectivity index (χ2v) is 3.53. The van der Waals surface area contributed by atoms with E-state index in [-0.39, 0.29) is 5.69 Å². The Balaban J connectivity index is 2.43. The summed E-state index contributed by atoms with van der Waals surface area (Å²) >= 11 is 0. The van der Waals surface area contributed by atoms with Gasteiger partial charge in [-0.15, -0.1) is 0 Å². The first-order valence-electron chi connectivity index (χ1n) is 5.03. The summed E-state index contributed by atoms with van der Waals surface area (Å²) in [5.41, 5.74) is -0.0607. The molecule has 0 heterocycles. The van der Waals surface area contributed by atoms with E-state index >= 15 is 0 Å². The zero-order valence-corrected chi connectivity index (χ0v) is 9.06. The number of nitrogens with one attached hydrogen (secondary N) is 1. The summed E-state index contributed by atoms with van der Waals surface area (Å²) in [4.78, 5) is 9.98. The highest BCUT2D eigenvalue weighted by Gasteiger charge is 2.18. The van der Waals surface area contributed by atoms with E-state index in [4.69, 9.17) is 0 Å². The molecule has 92 valence electrons. The molecule has 2 aromatic rings. The van der Waals surface area contributed by atoms with E-state index in [9.17, 15) is 18.9 Å². The lowest BCUT2D eigenvalue weighted by molar-refractivity contribution is -0.384. The van der Waals surface area contributed by atoms with Crippen molar-refractivity contribution in [2.24, 2.45) is 0 Å². The number of nitro groups is 1. The number of hydrogen-bond acceptors (Lipinski definition) is 3. The average molecular weight is 250 g/mol. The van der Waals surface area contributed by atoms with Crippen LogP contribution in [0.1, 0.15) is 0 Å². The SMILES string of the molecule is O=[N+]([O-])c1cc(F)c(F)cc1Nc1ccccc1. The number of nitrogens with zero attached hydrogens (tertiary/aromatic N) is 1. The molecular weight excluding hydrogens is 242 g/mol. The van der Waals surface area contributed by atoms with Crippen molar-refractivity contribution in [3.8, 4) is 0 Å². The molecule has 0 aliphatic heterocycles. The van der Waals surface area contributed by atoms with Crippen molar-refractivity contribution < 1.29 is 13.7 Å². The van der Waals surface area contributed by atoms with Crippen molar-refractivity contribution in [2.75, 3.05) is 5.32 Å². The monoisotopic (exact) mass is 250 g/mol. The summed E-state index contributed by atoms with van der Waals surface area (Å²) < 4.78 is 26.0. The number of halogens is 2. The highest BCUT2D eigenvalue weighted by atomic mass is 19.2. The minimum Gasteiger partial charge on any atom is -0.350 e. The summed E-state index contributed by atoms with van der Waals surface area (Å²) in [7, 11) is 0. The van der Waals surface area contributed by atoms with E-state index in [1.165, 1.54) is 0 Å². The predicted molar refractivity (Wildman–Crippen MR) is 62.7 cm³/mol. The molecule has 0 atom stereocenters. The molecule has 0 fully saturated rings. The van der Waals surface area contributed by atoms with Gasteiger partial charge in [0.05, 0.1) is 11.0 Å². The van der Waals surface area contributed by atoms with Crippen LogP contribution < -0.4 is 5.32 Å². The van der Waals surface area contributed by atoms with Gasteiger partial charge in [0.2, 0.25) is 0 Å². The van der Waals surface area contributed by atoms with Crippen LogP contribution in [0.5, 0.6) is 0 Å². The van der Waals surface area contributed by atoms with Crippen LogP contribution in [0, 0.1) is 21.7 Å². The van der Waals surface area contributed by atoms with Crippen molar-refractivity contribution in [1.29, 1.82) is 0 Å². The second-order valence-electron chi connectivity index (χ2n) is 3.53. The molecule has 2 aromatic carbocycles. The van der Waals surface area contributed by atoms with Crippen molar-refractivity contribution in [2.45, 2.75) is 0 Å². The van der Waals surface area contributed by atoms with E-state index in [0.29, 0.717) is 11.8 Å². The van der Waals surface area contributed by atoms with Crippen LogP contribution in [-0.4, -0.2) is 4.92 Å². The smallest absolute Gasteiger partial charge is 0.295 e. The topological polar surface area (TPSA) is 55.2 Å². The van der Waals surface area contributed by atoms with Gasteiger partial charge in [-0.2, -0.15) is 0 Å². The summed E-state index contributed by atoms with van der Waals surface area (Å²) in [5.74, 6) is -2.39. The van der Waals surface area contributed by atoms with Crippen molar-refractivity contribution in [1.82, 2.24) is 0 Å². The Labute approximate surface area is 101 Å². The maximum atomic E-state index is 13.1. The average Bonchev–Trinajstić information content (AvgIpc) is 2.34. The summed E-state index contributed by atoms with van der Waals surface area (Å²) in [5, 5.41) is 13.4. The molecule has 0 radical (unpaired) electrons. The van der Waals surface area contributed by atoms with Gasteiger partial charge in [-0.1, -0.05) is 18.2 Å². The number of anilines is 2. The molecule has 0 saturated heterocycles. The minimum absolute atomic E-state index is 0.0925. The minimum atomic E-state index is -1.25. The maximum Gasteiger partial charge on any atom is 0.295 e. The molecule has 0 aromatic heterocycles. The first kappa shape index (κ1) is 12.0. The molecule has 0 amide bonds. The first-order chi connectivity index (χ1) is 8.58. The van der Waals surface area contributed by atoms with Crippen molar-refractivity contribution in [3.05, 3.63) is 64.2 Å². The number of para-hydroxylation sites is 1. The molecule has 0 aliphatic rings. The van der Waals surface area contributed by atoms with Gasteiger partial charge in [-0.3, -0.25) is 10.1 Å². The standard InChI is InChI=1S/C12H8F2N2O2/c13-9-6-11(12(16(17)18)7-10(9)14)15-8-4-2-1-3-5-8/h1-7,15H. The molecule has 0 aliphatic carbocycles. The van der Waals surface area contributed by atoms with Gasteiger partial charge in [0, 0.05) is 11.8 Å². The molecule has 0 unspecified atom stereocenters. The van der Waals surface area contributed by atoms with Crippen LogP contribution in [0.25, 0.3) is 0 Å². The zero-order valence-electron chi connectivity index (χ0n) is 9.06. The summed E-state index contributed by atoms with van der Waals surface area (Å²) in [6.07, 6.45) is 0. The van der Waals surface area contributed by atoms with Gasteiger partial charge < -0.3 is 5.32 Å². The lowest BCUT2D eigenvalue weighted by atomic mass is 10.2. The fraction of sp³-hybridized carbons (Fsp3) is 0. The molecule has 18 heavy (non-hydrogen) atoms.